The predicted octanol–water partition coefficient (Wildman–Crippen LogP) is 2.52. The summed E-state index contributed by atoms with van der Waals surface area (Å²) in [6.45, 7) is 2.36. The lowest BCUT2D eigenvalue weighted by Crippen LogP contribution is -2.20. The van der Waals surface area contributed by atoms with E-state index in [0.717, 1.165) is 16.6 Å². The number of hydrogen-bond donors (Lipinski definition) is 1. The van der Waals surface area contributed by atoms with E-state index in [-0.39, 0.29) is 11.3 Å². The second-order valence-electron chi connectivity index (χ2n) is 4.44. The molecule has 0 saturated carbocycles. The molecule has 0 amide bonds. The minimum atomic E-state index is -0.0357. The molecule has 19 heavy (non-hydrogen) atoms. The Morgan fingerprint density at radius 2 is 2.26 bits per heavy atom. The second kappa shape index (κ2) is 4.51. The van der Waals surface area contributed by atoms with Crippen LogP contribution in [0.25, 0.3) is 10.2 Å². The third-order valence-electron chi connectivity index (χ3n) is 2.99. The highest BCUT2D eigenvalue weighted by Crippen LogP contribution is 2.19. The van der Waals surface area contributed by atoms with E-state index in [1.165, 1.54) is 11.3 Å². The largest absolute Gasteiger partial charge is 0.508 e. The van der Waals surface area contributed by atoms with E-state index in [1.54, 1.807) is 29.1 Å². The van der Waals surface area contributed by atoms with Gasteiger partial charge in [-0.3, -0.25) is 9.36 Å². The molecule has 2 heterocycles. The van der Waals surface area contributed by atoms with E-state index in [1.807, 2.05) is 18.4 Å². The molecule has 0 radical (unpaired) electrons. The molecule has 0 aliphatic rings. The number of phenols is 1. The van der Waals surface area contributed by atoms with Crippen LogP contribution >= 0.6 is 11.3 Å². The summed E-state index contributed by atoms with van der Waals surface area (Å²) in [6.07, 6.45) is 1.56. The molecule has 0 aliphatic heterocycles. The summed E-state index contributed by atoms with van der Waals surface area (Å²) in [7, 11) is 0. The van der Waals surface area contributed by atoms with Gasteiger partial charge in [-0.2, -0.15) is 0 Å². The first kappa shape index (κ1) is 11.9. The monoisotopic (exact) mass is 272 g/mol. The van der Waals surface area contributed by atoms with Crippen LogP contribution in [0.2, 0.25) is 0 Å². The zero-order valence-corrected chi connectivity index (χ0v) is 11.1. The summed E-state index contributed by atoms with van der Waals surface area (Å²) >= 11 is 1.42. The van der Waals surface area contributed by atoms with Gasteiger partial charge in [-0.15, -0.1) is 11.3 Å². The normalized spacial score (nSPS) is 11.0. The Hall–Kier alpha value is -2.14. The summed E-state index contributed by atoms with van der Waals surface area (Å²) in [5.41, 5.74) is 2.65. The number of nitrogens with zero attached hydrogens (tertiary/aromatic N) is 2. The molecule has 2 aromatic heterocycles. The highest BCUT2D eigenvalue weighted by molar-refractivity contribution is 7.17. The Balaban J connectivity index is 2.06. The predicted molar refractivity (Wildman–Crippen MR) is 75.8 cm³/mol. The molecule has 0 spiro atoms. The van der Waals surface area contributed by atoms with E-state index in [9.17, 15) is 9.90 Å². The van der Waals surface area contributed by atoms with Gasteiger partial charge in [-0.05, 0) is 35.6 Å². The Morgan fingerprint density at radius 1 is 1.42 bits per heavy atom. The van der Waals surface area contributed by atoms with Crippen molar-refractivity contribution in [3.63, 3.8) is 0 Å². The van der Waals surface area contributed by atoms with Crippen molar-refractivity contribution in [3.8, 4) is 5.75 Å². The molecule has 1 aromatic carbocycles. The van der Waals surface area contributed by atoms with Crippen LogP contribution in [0.5, 0.6) is 5.75 Å². The zero-order valence-electron chi connectivity index (χ0n) is 10.3. The molecule has 96 valence electrons. The fraction of sp³-hybridized carbons (Fsp3) is 0.143. The average molecular weight is 272 g/mol. The standard InChI is InChI=1S/C14H12N2O2S/c1-9-7-19-13-12(9)15-8-16(14(13)18)6-10-3-2-4-11(17)5-10/h2-5,7-8,17H,6H2,1H3. The Bertz CT molecular complexity index is 805. The molecule has 4 nitrogen and oxygen atoms in total. The summed E-state index contributed by atoms with van der Waals surface area (Å²) in [6, 6.07) is 6.89. The van der Waals surface area contributed by atoms with Gasteiger partial charge in [-0.1, -0.05) is 12.1 Å². The molecule has 0 aliphatic carbocycles. The molecular weight excluding hydrogens is 260 g/mol. The molecular formula is C14H12N2O2S. The SMILES string of the molecule is Cc1csc2c(=O)n(Cc3cccc(O)c3)cnc12. The number of fused-ring (bicyclic) bond motifs is 1. The first-order chi connectivity index (χ1) is 9.15. The van der Waals surface area contributed by atoms with E-state index < -0.39 is 0 Å². The van der Waals surface area contributed by atoms with Crippen LogP contribution in [0, 0.1) is 6.92 Å². The molecule has 0 atom stereocenters. The van der Waals surface area contributed by atoms with Crippen LogP contribution in [0.4, 0.5) is 0 Å². The first-order valence-electron chi connectivity index (χ1n) is 5.86. The summed E-state index contributed by atoms with van der Waals surface area (Å²) < 4.78 is 2.24. The summed E-state index contributed by atoms with van der Waals surface area (Å²) in [5.74, 6) is 0.201. The topological polar surface area (TPSA) is 55.1 Å². The van der Waals surface area contributed by atoms with E-state index >= 15 is 0 Å². The maximum atomic E-state index is 12.3. The van der Waals surface area contributed by atoms with Gasteiger partial charge < -0.3 is 5.11 Å². The van der Waals surface area contributed by atoms with Gasteiger partial charge in [-0.25, -0.2) is 4.98 Å². The lowest BCUT2D eigenvalue weighted by atomic mass is 10.2. The summed E-state index contributed by atoms with van der Waals surface area (Å²) in [4.78, 5) is 16.6. The lowest BCUT2D eigenvalue weighted by Gasteiger charge is -2.05. The van der Waals surface area contributed by atoms with Crippen LogP contribution < -0.4 is 5.56 Å². The molecule has 0 unspecified atom stereocenters. The van der Waals surface area contributed by atoms with Crippen LogP contribution in [-0.4, -0.2) is 14.7 Å². The van der Waals surface area contributed by atoms with Gasteiger partial charge in [0.15, 0.2) is 0 Å². The van der Waals surface area contributed by atoms with Gasteiger partial charge >= 0.3 is 0 Å². The Kier molecular flexibility index (Phi) is 2.83. The van der Waals surface area contributed by atoms with Gasteiger partial charge in [0.2, 0.25) is 0 Å². The molecule has 0 saturated heterocycles. The van der Waals surface area contributed by atoms with E-state index in [4.69, 9.17) is 0 Å². The van der Waals surface area contributed by atoms with Crippen molar-refractivity contribution in [3.05, 3.63) is 57.5 Å². The molecule has 3 aromatic rings. The van der Waals surface area contributed by atoms with Crippen molar-refractivity contribution in [1.82, 2.24) is 9.55 Å². The van der Waals surface area contributed by atoms with Gasteiger partial charge in [0.25, 0.3) is 5.56 Å². The van der Waals surface area contributed by atoms with Crippen molar-refractivity contribution in [2.45, 2.75) is 13.5 Å². The summed E-state index contributed by atoms with van der Waals surface area (Å²) in [5, 5.41) is 11.4. The highest BCUT2D eigenvalue weighted by Gasteiger charge is 2.08. The van der Waals surface area contributed by atoms with Gasteiger partial charge in [0.05, 0.1) is 18.4 Å². The number of rotatable bonds is 2. The van der Waals surface area contributed by atoms with E-state index in [2.05, 4.69) is 4.98 Å². The number of aromatic nitrogens is 2. The number of benzene rings is 1. The van der Waals surface area contributed by atoms with Crippen LogP contribution in [0.15, 0.2) is 40.8 Å². The van der Waals surface area contributed by atoms with Crippen molar-refractivity contribution >= 4 is 21.6 Å². The molecule has 0 fully saturated rings. The molecule has 3 rings (SSSR count). The fourth-order valence-corrected chi connectivity index (χ4v) is 2.97. The Labute approximate surface area is 113 Å². The third kappa shape index (κ3) is 2.13. The zero-order chi connectivity index (χ0) is 13.4. The molecule has 0 bridgehead atoms. The quantitative estimate of drug-likeness (QED) is 0.780. The van der Waals surface area contributed by atoms with E-state index in [0.29, 0.717) is 11.2 Å². The number of phenolic OH excluding ortho intramolecular Hbond substituents is 1. The number of hydrogen-bond acceptors (Lipinski definition) is 4. The Morgan fingerprint density at radius 3 is 3.05 bits per heavy atom. The average Bonchev–Trinajstić information content (AvgIpc) is 2.76. The van der Waals surface area contributed by atoms with Crippen LogP contribution in [0.1, 0.15) is 11.1 Å². The second-order valence-corrected chi connectivity index (χ2v) is 5.32. The third-order valence-corrected chi connectivity index (χ3v) is 4.06. The minimum absolute atomic E-state index is 0.0357. The van der Waals surface area contributed by atoms with Crippen molar-refractivity contribution in [2.24, 2.45) is 0 Å². The van der Waals surface area contributed by atoms with Crippen LogP contribution in [-0.2, 0) is 6.54 Å². The maximum Gasteiger partial charge on any atom is 0.271 e. The van der Waals surface area contributed by atoms with Crippen molar-refractivity contribution in [2.75, 3.05) is 0 Å². The lowest BCUT2D eigenvalue weighted by molar-refractivity contribution is 0.474. The fourth-order valence-electron chi connectivity index (χ4n) is 2.02. The number of thiophene rings is 1. The van der Waals surface area contributed by atoms with Crippen molar-refractivity contribution in [1.29, 1.82) is 0 Å². The number of aromatic hydroxyl groups is 1. The number of aryl methyl sites for hydroxylation is 1. The van der Waals surface area contributed by atoms with Gasteiger partial charge in [0, 0.05) is 0 Å². The van der Waals surface area contributed by atoms with Crippen molar-refractivity contribution < 1.29 is 5.11 Å². The smallest absolute Gasteiger partial charge is 0.271 e. The first-order valence-corrected chi connectivity index (χ1v) is 6.74. The molecule has 5 heteroatoms. The van der Waals surface area contributed by atoms with Crippen LogP contribution in [0.3, 0.4) is 0 Å². The minimum Gasteiger partial charge on any atom is -0.508 e. The van der Waals surface area contributed by atoms with Gasteiger partial charge in [0.1, 0.15) is 10.4 Å². The maximum absolute atomic E-state index is 12.3. The highest BCUT2D eigenvalue weighted by atomic mass is 32.1. The molecule has 1 N–H and O–H groups in total.